The second kappa shape index (κ2) is 5.63. The van der Waals surface area contributed by atoms with Gasteiger partial charge in [-0.15, -0.1) is 0 Å². The van der Waals surface area contributed by atoms with E-state index in [0.717, 1.165) is 0 Å². The quantitative estimate of drug-likeness (QED) is 0.595. The summed E-state index contributed by atoms with van der Waals surface area (Å²) in [4.78, 5) is 11.5. The molecule has 0 heterocycles. The van der Waals surface area contributed by atoms with Gasteiger partial charge in [-0.2, -0.15) is 0 Å². The Morgan fingerprint density at radius 2 is 1.75 bits per heavy atom. The molecule has 0 fully saturated rings. The topological polar surface area (TPSA) is 66.8 Å². The molecular formula is C12H16O4. The summed E-state index contributed by atoms with van der Waals surface area (Å²) in [5, 5.41) is 18.9. The van der Waals surface area contributed by atoms with Crippen LogP contribution in [0.1, 0.15) is 24.2 Å². The fraction of sp³-hybridized carbons (Fsp3) is 0.417. The molecule has 1 aromatic rings. The van der Waals surface area contributed by atoms with Gasteiger partial charge in [0.1, 0.15) is 6.10 Å². The van der Waals surface area contributed by atoms with Crippen molar-refractivity contribution in [2.75, 3.05) is 0 Å². The predicted octanol–water partition coefficient (Wildman–Crippen LogP) is 1.18. The molecule has 0 radical (unpaired) electrons. The molecule has 0 aromatic heterocycles. The molecule has 0 saturated carbocycles. The molecule has 2 atom stereocenters. The Morgan fingerprint density at radius 3 is 2.25 bits per heavy atom. The lowest BCUT2D eigenvalue weighted by molar-refractivity contribution is -0.142. The summed E-state index contributed by atoms with van der Waals surface area (Å²) < 4.78 is 4.73. The van der Waals surface area contributed by atoms with Gasteiger partial charge in [-0.1, -0.05) is 32.0 Å². The number of esters is 1. The van der Waals surface area contributed by atoms with Crippen molar-refractivity contribution in [2.24, 2.45) is 5.92 Å². The second-order valence-corrected chi connectivity index (χ2v) is 3.90. The maximum absolute atomic E-state index is 11.5. The van der Waals surface area contributed by atoms with Crippen LogP contribution in [0, 0.1) is 5.92 Å². The van der Waals surface area contributed by atoms with Crippen molar-refractivity contribution in [3.05, 3.63) is 35.9 Å². The normalized spacial score (nSPS) is 14.6. The average molecular weight is 224 g/mol. The monoisotopic (exact) mass is 224 g/mol. The zero-order chi connectivity index (χ0) is 12.1. The van der Waals surface area contributed by atoms with Crippen LogP contribution in [-0.4, -0.2) is 28.6 Å². The van der Waals surface area contributed by atoms with E-state index in [1.54, 1.807) is 44.2 Å². The number of carbonyl (C=O) groups is 1. The van der Waals surface area contributed by atoms with E-state index in [0.29, 0.717) is 5.56 Å². The summed E-state index contributed by atoms with van der Waals surface area (Å²) in [6, 6.07) is 8.33. The molecule has 16 heavy (non-hydrogen) atoms. The number of carbonyl (C=O) groups excluding carboxylic acids is 1. The Hall–Kier alpha value is -1.39. The van der Waals surface area contributed by atoms with Crippen molar-refractivity contribution in [2.45, 2.75) is 26.2 Å². The largest absolute Gasteiger partial charge is 0.429 e. The zero-order valence-electron chi connectivity index (χ0n) is 9.33. The van der Waals surface area contributed by atoms with E-state index < -0.39 is 18.4 Å². The van der Waals surface area contributed by atoms with E-state index >= 15 is 0 Å². The highest BCUT2D eigenvalue weighted by Gasteiger charge is 2.23. The van der Waals surface area contributed by atoms with E-state index in [-0.39, 0.29) is 5.92 Å². The van der Waals surface area contributed by atoms with Crippen LogP contribution in [0.5, 0.6) is 0 Å². The minimum atomic E-state index is -1.49. The minimum absolute atomic E-state index is 0.182. The van der Waals surface area contributed by atoms with Gasteiger partial charge in [0, 0.05) is 0 Å². The Labute approximate surface area is 94.5 Å². The lowest BCUT2D eigenvalue weighted by atomic mass is 10.1. The van der Waals surface area contributed by atoms with Crippen LogP contribution < -0.4 is 0 Å². The first-order valence-electron chi connectivity index (χ1n) is 5.14. The van der Waals surface area contributed by atoms with Crippen LogP contribution >= 0.6 is 0 Å². The second-order valence-electron chi connectivity index (χ2n) is 3.90. The molecule has 0 amide bonds. The maximum atomic E-state index is 11.5. The number of hydrogen-bond acceptors (Lipinski definition) is 4. The van der Waals surface area contributed by atoms with Crippen molar-refractivity contribution >= 4 is 5.97 Å². The van der Waals surface area contributed by atoms with Gasteiger partial charge < -0.3 is 14.9 Å². The van der Waals surface area contributed by atoms with E-state index in [2.05, 4.69) is 0 Å². The number of rotatable bonds is 4. The van der Waals surface area contributed by atoms with E-state index in [9.17, 15) is 15.0 Å². The lowest BCUT2D eigenvalue weighted by Crippen LogP contribution is -2.34. The van der Waals surface area contributed by atoms with Gasteiger partial charge in [0.05, 0.1) is 5.56 Å². The Kier molecular flexibility index (Phi) is 4.46. The molecule has 4 nitrogen and oxygen atoms in total. The highest BCUT2D eigenvalue weighted by atomic mass is 16.6. The summed E-state index contributed by atoms with van der Waals surface area (Å²) in [6.45, 7) is 3.45. The van der Waals surface area contributed by atoms with Crippen molar-refractivity contribution in [1.82, 2.24) is 0 Å². The highest BCUT2D eigenvalue weighted by Crippen LogP contribution is 2.10. The first kappa shape index (κ1) is 12.7. The Morgan fingerprint density at radius 1 is 1.19 bits per heavy atom. The van der Waals surface area contributed by atoms with Gasteiger partial charge in [0.25, 0.3) is 0 Å². The standard InChI is InChI=1S/C12H16O4/c1-8(2)10(13)12(15)16-11(14)9-6-4-3-5-7-9/h3-8,10,12-13,15H,1-2H3. The van der Waals surface area contributed by atoms with Gasteiger partial charge in [-0.05, 0) is 18.1 Å². The minimum Gasteiger partial charge on any atom is -0.429 e. The number of aliphatic hydroxyl groups excluding tert-OH is 2. The molecule has 2 N–H and O–H groups in total. The Bertz CT molecular complexity index is 334. The van der Waals surface area contributed by atoms with E-state index in [1.165, 1.54) is 0 Å². The predicted molar refractivity (Wildman–Crippen MR) is 58.7 cm³/mol. The van der Waals surface area contributed by atoms with Gasteiger partial charge in [-0.3, -0.25) is 0 Å². The van der Waals surface area contributed by atoms with Crippen LogP contribution in [-0.2, 0) is 4.74 Å². The van der Waals surface area contributed by atoms with Gasteiger partial charge in [0.15, 0.2) is 0 Å². The molecule has 2 unspecified atom stereocenters. The fourth-order valence-corrected chi connectivity index (χ4v) is 1.15. The summed E-state index contributed by atoms with van der Waals surface area (Å²) in [6.07, 6.45) is -2.57. The number of aliphatic hydroxyl groups is 2. The van der Waals surface area contributed by atoms with Crippen LogP contribution in [0.4, 0.5) is 0 Å². The van der Waals surface area contributed by atoms with E-state index in [1.807, 2.05) is 0 Å². The van der Waals surface area contributed by atoms with Gasteiger partial charge in [0.2, 0.25) is 6.29 Å². The van der Waals surface area contributed by atoms with Gasteiger partial charge in [-0.25, -0.2) is 4.79 Å². The number of ether oxygens (including phenoxy) is 1. The molecular weight excluding hydrogens is 208 g/mol. The molecule has 88 valence electrons. The summed E-state index contributed by atoms with van der Waals surface area (Å²) in [7, 11) is 0. The fourth-order valence-electron chi connectivity index (χ4n) is 1.15. The third kappa shape index (κ3) is 3.32. The zero-order valence-corrected chi connectivity index (χ0v) is 9.33. The number of benzene rings is 1. The highest BCUT2D eigenvalue weighted by molar-refractivity contribution is 5.89. The van der Waals surface area contributed by atoms with Crippen LogP contribution in [0.15, 0.2) is 30.3 Å². The molecule has 0 aliphatic heterocycles. The summed E-state index contributed by atoms with van der Waals surface area (Å²) in [5.41, 5.74) is 0.345. The molecule has 0 bridgehead atoms. The van der Waals surface area contributed by atoms with Crippen LogP contribution in [0.2, 0.25) is 0 Å². The summed E-state index contributed by atoms with van der Waals surface area (Å²) >= 11 is 0. The van der Waals surface area contributed by atoms with Gasteiger partial charge >= 0.3 is 5.97 Å². The molecule has 0 spiro atoms. The van der Waals surface area contributed by atoms with Crippen molar-refractivity contribution in [1.29, 1.82) is 0 Å². The smallest absolute Gasteiger partial charge is 0.340 e. The first-order chi connectivity index (χ1) is 7.52. The summed E-state index contributed by atoms with van der Waals surface area (Å²) in [5.74, 6) is -0.827. The average Bonchev–Trinajstić information content (AvgIpc) is 2.28. The van der Waals surface area contributed by atoms with E-state index in [4.69, 9.17) is 4.74 Å². The number of hydrogen-bond donors (Lipinski definition) is 2. The molecule has 0 aliphatic carbocycles. The molecule has 0 saturated heterocycles. The lowest BCUT2D eigenvalue weighted by Gasteiger charge is -2.20. The molecule has 1 rings (SSSR count). The van der Waals surface area contributed by atoms with Crippen LogP contribution in [0.3, 0.4) is 0 Å². The molecule has 4 heteroatoms. The van der Waals surface area contributed by atoms with Crippen molar-refractivity contribution in [3.63, 3.8) is 0 Å². The third-order valence-corrected chi connectivity index (χ3v) is 2.21. The molecule has 0 aliphatic rings. The Balaban J connectivity index is 2.59. The maximum Gasteiger partial charge on any atom is 0.340 e. The van der Waals surface area contributed by atoms with Crippen molar-refractivity contribution in [3.8, 4) is 0 Å². The first-order valence-corrected chi connectivity index (χ1v) is 5.14. The third-order valence-electron chi connectivity index (χ3n) is 2.21. The van der Waals surface area contributed by atoms with Crippen molar-refractivity contribution < 1.29 is 19.7 Å². The van der Waals surface area contributed by atoms with Crippen LogP contribution in [0.25, 0.3) is 0 Å². The molecule has 1 aromatic carbocycles. The SMILES string of the molecule is CC(C)C(O)C(O)OC(=O)c1ccccc1.